The number of hydrogen-bond donors (Lipinski definition) is 0. The molecule has 0 aliphatic rings. The first-order valence-corrected chi connectivity index (χ1v) is 6.54. The number of halogens is 2. The first-order chi connectivity index (χ1) is 8.59. The summed E-state index contributed by atoms with van der Waals surface area (Å²) >= 11 is 12.4. The molecular formula is C12H7Cl2NO2S. The molecule has 1 heterocycles. The van der Waals surface area contributed by atoms with Crippen LogP contribution in [0.3, 0.4) is 0 Å². The van der Waals surface area contributed by atoms with E-state index in [-0.39, 0.29) is 33.0 Å². The van der Waals surface area contributed by atoms with Crippen molar-refractivity contribution in [3.63, 3.8) is 0 Å². The Morgan fingerprint density at radius 2 is 1.78 bits per heavy atom. The van der Waals surface area contributed by atoms with E-state index >= 15 is 0 Å². The van der Waals surface area contributed by atoms with Crippen molar-refractivity contribution >= 4 is 46.3 Å². The van der Waals surface area contributed by atoms with E-state index in [9.17, 15) is 9.59 Å². The molecule has 0 aliphatic heterocycles. The van der Waals surface area contributed by atoms with Crippen molar-refractivity contribution < 1.29 is 9.59 Å². The lowest BCUT2D eigenvalue weighted by molar-refractivity contribution is 0.0896. The molecule has 0 unspecified atom stereocenters. The maximum absolute atomic E-state index is 11.9. The molecule has 0 saturated carbocycles. The average Bonchev–Trinajstić information content (AvgIpc) is 2.71. The topological polar surface area (TPSA) is 47.0 Å². The van der Waals surface area contributed by atoms with Crippen LogP contribution in [0.1, 0.15) is 26.5 Å². The second-order valence-corrected chi connectivity index (χ2v) is 5.02. The van der Waals surface area contributed by atoms with Gasteiger partial charge >= 0.3 is 0 Å². The number of benzene rings is 1. The Morgan fingerprint density at radius 1 is 1.11 bits per heavy atom. The van der Waals surface area contributed by atoms with Crippen molar-refractivity contribution in [3.8, 4) is 0 Å². The lowest BCUT2D eigenvalue weighted by atomic mass is 10.1. The molecule has 0 fully saturated rings. The minimum absolute atomic E-state index is 0.0946. The molecule has 92 valence electrons. The maximum atomic E-state index is 11.9. The van der Waals surface area contributed by atoms with Gasteiger partial charge in [-0.15, -0.1) is 0 Å². The van der Waals surface area contributed by atoms with Gasteiger partial charge in [-0.3, -0.25) is 9.59 Å². The van der Waals surface area contributed by atoms with E-state index in [1.54, 1.807) is 30.3 Å². The summed E-state index contributed by atoms with van der Waals surface area (Å²) in [6, 6.07) is 8.62. The fourth-order valence-corrected chi connectivity index (χ4v) is 2.55. The SMILES string of the molecule is O=C(CC(=O)c1snc(Cl)c1Cl)c1ccccc1. The quantitative estimate of drug-likeness (QED) is 0.635. The molecule has 2 aromatic rings. The lowest BCUT2D eigenvalue weighted by Crippen LogP contribution is -2.07. The zero-order chi connectivity index (χ0) is 13.1. The van der Waals surface area contributed by atoms with Gasteiger partial charge < -0.3 is 0 Å². The van der Waals surface area contributed by atoms with Crippen molar-refractivity contribution in [1.29, 1.82) is 0 Å². The molecule has 3 nitrogen and oxygen atoms in total. The third kappa shape index (κ3) is 2.77. The van der Waals surface area contributed by atoms with Crippen LogP contribution in [-0.2, 0) is 0 Å². The van der Waals surface area contributed by atoms with Crippen LogP contribution in [0.15, 0.2) is 30.3 Å². The van der Waals surface area contributed by atoms with E-state index in [4.69, 9.17) is 23.2 Å². The molecule has 0 aliphatic carbocycles. The number of ketones is 2. The Kier molecular flexibility index (Phi) is 4.11. The van der Waals surface area contributed by atoms with E-state index in [0.717, 1.165) is 11.5 Å². The third-order valence-electron chi connectivity index (χ3n) is 2.27. The fraction of sp³-hybridized carbons (Fsp3) is 0.0833. The van der Waals surface area contributed by atoms with E-state index in [2.05, 4.69) is 4.37 Å². The van der Waals surface area contributed by atoms with Crippen molar-refractivity contribution in [3.05, 3.63) is 50.9 Å². The summed E-state index contributed by atoms with van der Waals surface area (Å²) in [7, 11) is 0. The average molecular weight is 300 g/mol. The van der Waals surface area contributed by atoms with Crippen LogP contribution >= 0.6 is 34.7 Å². The van der Waals surface area contributed by atoms with Gasteiger partial charge in [0, 0.05) is 5.56 Å². The molecule has 18 heavy (non-hydrogen) atoms. The van der Waals surface area contributed by atoms with Gasteiger partial charge in [-0.05, 0) is 11.5 Å². The Labute approximate surface area is 118 Å². The molecule has 0 bridgehead atoms. The van der Waals surface area contributed by atoms with Crippen molar-refractivity contribution in [1.82, 2.24) is 4.37 Å². The number of Topliss-reactive ketones (excluding diaryl/α,β-unsaturated/α-hetero) is 2. The predicted molar refractivity (Wildman–Crippen MR) is 71.9 cm³/mol. The summed E-state index contributed by atoms with van der Waals surface area (Å²) in [6.45, 7) is 0. The second kappa shape index (κ2) is 5.61. The molecule has 1 aromatic carbocycles. The Balaban J connectivity index is 2.13. The fourth-order valence-electron chi connectivity index (χ4n) is 1.39. The van der Waals surface area contributed by atoms with Crippen molar-refractivity contribution in [2.45, 2.75) is 6.42 Å². The summed E-state index contributed by atoms with van der Waals surface area (Å²) in [5, 5.41) is 0.213. The van der Waals surface area contributed by atoms with Gasteiger partial charge in [0.25, 0.3) is 0 Å². The third-order valence-corrected chi connectivity index (χ3v) is 4.11. The van der Waals surface area contributed by atoms with Crippen LogP contribution in [0.25, 0.3) is 0 Å². The first kappa shape index (κ1) is 13.2. The lowest BCUT2D eigenvalue weighted by Gasteiger charge is -1.99. The number of carbonyl (C=O) groups is 2. The van der Waals surface area contributed by atoms with Gasteiger partial charge in [-0.25, -0.2) is 0 Å². The number of hydrogen-bond acceptors (Lipinski definition) is 4. The zero-order valence-corrected chi connectivity index (χ0v) is 11.4. The summed E-state index contributed by atoms with van der Waals surface area (Å²) in [5.41, 5.74) is 0.498. The number of nitrogens with zero attached hydrogens (tertiary/aromatic N) is 1. The van der Waals surface area contributed by atoms with Crippen molar-refractivity contribution in [2.75, 3.05) is 0 Å². The van der Waals surface area contributed by atoms with Crippen LogP contribution < -0.4 is 0 Å². The van der Waals surface area contributed by atoms with Crippen molar-refractivity contribution in [2.24, 2.45) is 0 Å². The molecule has 0 saturated heterocycles. The Morgan fingerprint density at radius 3 is 2.33 bits per heavy atom. The Hall–Kier alpha value is -1.23. The highest BCUT2D eigenvalue weighted by atomic mass is 35.5. The van der Waals surface area contributed by atoms with Crippen LogP contribution in [-0.4, -0.2) is 15.9 Å². The van der Waals surface area contributed by atoms with Gasteiger partial charge in [0.2, 0.25) is 0 Å². The monoisotopic (exact) mass is 299 g/mol. The number of rotatable bonds is 4. The van der Waals surface area contributed by atoms with E-state index in [1.807, 2.05) is 0 Å². The summed E-state index contributed by atoms with van der Waals surface area (Å²) < 4.78 is 3.76. The molecule has 0 atom stereocenters. The standard InChI is InChI=1S/C12H7Cl2NO2S/c13-10-11(18-15-12(10)14)9(17)6-8(16)7-4-2-1-3-5-7/h1-5H,6H2. The molecule has 6 heteroatoms. The molecular weight excluding hydrogens is 293 g/mol. The second-order valence-electron chi connectivity index (χ2n) is 3.51. The largest absolute Gasteiger partial charge is 0.294 e. The van der Waals surface area contributed by atoms with Gasteiger partial charge in [-0.2, -0.15) is 4.37 Å². The molecule has 1 aromatic heterocycles. The van der Waals surface area contributed by atoms with E-state index in [0.29, 0.717) is 5.56 Å². The number of aromatic nitrogens is 1. The minimum Gasteiger partial charge on any atom is -0.294 e. The number of carbonyl (C=O) groups excluding carboxylic acids is 2. The summed E-state index contributed by atoms with van der Waals surface area (Å²) in [4.78, 5) is 23.9. The zero-order valence-electron chi connectivity index (χ0n) is 9.02. The van der Waals surface area contributed by atoms with Crippen LogP contribution in [0.4, 0.5) is 0 Å². The minimum atomic E-state index is -0.363. The molecule has 0 N–H and O–H groups in total. The van der Waals surface area contributed by atoms with Gasteiger partial charge in [-0.1, -0.05) is 53.5 Å². The van der Waals surface area contributed by atoms with Crippen LogP contribution in [0, 0.1) is 0 Å². The summed E-state index contributed by atoms with van der Waals surface area (Å²) in [5.74, 6) is -0.612. The molecule has 2 rings (SSSR count). The normalized spacial score (nSPS) is 10.3. The molecule has 0 amide bonds. The van der Waals surface area contributed by atoms with Crippen LogP contribution in [0.2, 0.25) is 10.2 Å². The Bertz CT molecular complexity index is 595. The first-order valence-electron chi connectivity index (χ1n) is 5.01. The highest BCUT2D eigenvalue weighted by molar-refractivity contribution is 7.09. The predicted octanol–water partition coefficient (Wildman–Crippen LogP) is 3.91. The van der Waals surface area contributed by atoms with Gasteiger partial charge in [0.15, 0.2) is 16.7 Å². The highest BCUT2D eigenvalue weighted by Gasteiger charge is 2.20. The van der Waals surface area contributed by atoms with E-state index in [1.165, 1.54) is 0 Å². The van der Waals surface area contributed by atoms with Crippen LogP contribution in [0.5, 0.6) is 0 Å². The molecule has 0 radical (unpaired) electrons. The van der Waals surface area contributed by atoms with Gasteiger partial charge in [0.1, 0.15) is 9.90 Å². The van der Waals surface area contributed by atoms with E-state index < -0.39 is 0 Å². The summed E-state index contributed by atoms with van der Waals surface area (Å²) in [6.07, 6.45) is -0.234. The van der Waals surface area contributed by atoms with Gasteiger partial charge in [0.05, 0.1) is 6.42 Å². The molecule has 0 spiro atoms. The smallest absolute Gasteiger partial charge is 0.183 e. The highest BCUT2D eigenvalue weighted by Crippen LogP contribution is 2.29. The maximum Gasteiger partial charge on any atom is 0.183 e.